The van der Waals surface area contributed by atoms with Gasteiger partial charge in [-0.15, -0.1) is 0 Å². The van der Waals surface area contributed by atoms with Crippen molar-refractivity contribution in [2.75, 3.05) is 17.6 Å². The molecule has 0 saturated carbocycles. The minimum Gasteiger partial charge on any atom is -0.493 e. The third-order valence-corrected chi connectivity index (χ3v) is 4.99. The van der Waals surface area contributed by atoms with Crippen LogP contribution >= 0.6 is 0 Å². The predicted octanol–water partition coefficient (Wildman–Crippen LogP) is 4.64. The monoisotopic (exact) mass is 419 g/mol. The molecule has 158 valence electrons. The summed E-state index contributed by atoms with van der Waals surface area (Å²) < 4.78 is 36.2. The number of ether oxygens (including phenoxy) is 2. The summed E-state index contributed by atoms with van der Waals surface area (Å²) in [4.78, 5) is 11.8. The van der Waals surface area contributed by atoms with Crippen LogP contribution in [0.1, 0.15) is 50.2 Å². The van der Waals surface area contributed by atoms with Crippen molar-refractivity contribution < 1.29 is 22.7 Å². The molecule has 0 aliphatic heterocycles. The van der Waals surface area contributed by atoms with Gasteiger partial charge in [0.2, 0.25) is 10.0 Å². The molecule has 1 atom stereocenters. The van der Waals surface area contributed by atoms with E-state index in [1.807, 2.05) is 32.0 Å². The van der Waals surface area contributed by atoms with Crippen LogP contribution in [0.5, 0.6) is 11.5 Å². The molecule has 2 aromatic carbocycles. The quantitative estimate of drug-likeness (QED) is 0.448. The Morgan fingerprint density at radius 3 is 2.41 bits per heavy atom. The average Bonchev–Trinajstić information content (AvgIpc) is 2.66. The number of nitrogens with one attached hydrogen (secondary N) is 1. The maximum atomic E-state index is 11.8. The van der Waals surface area contributed by atoms with Crippen LogP contribution in [0.4, 0.5) is 5.69 Å². The van der Waals surface area contributed by atoms with Crippen LogP contribution in [0.25, 0.3) is 0 Å². The summed E-state index contributed by atoms with van der Waals surface area (Å²) in [7, 11) is -3.29. The van der Waals surface area contributed by atoms with Crippen molar-refractivity contribution in [3.63, 3.8) is 0 Å². The van der Waals surface area contributed by atoms with E-state index < -0.39 is 10.0 Å². The minimum absolute atomic E-state index is 0.132. The van der Waals surface area contributed by atoms with Gasteiger partial charge < -0.3 is 9.47 Å². The fourth-order valence-corrected chi connectivity index (χ4v) is 3.30. The van der Waals surface area contributed by atoms with Crippen LogP contribution in [0, 0.1) is 6.92 Å². The number of aryl methyl sites for hydroxylation is 1. The van der Waals surface area contributed by atoms with Crippen molar-refractivity contribution in [1.29, 1.82) is 0 Å². The Bertz CT molecular complexity index is 923. The summed E-state index contributed by atoms with van der Waals surface area (Å²) in [6.45, 7) is 6.49. The van der Waals surface area contributed by atoms with E-state index in [0.29, 0.717) is 30.2 Å². The molecule has 0 fully saturated rings. The van der Waals surface area contributed by atoms with Crippen molar-refractivity contribution in [1.82, 2.24) is 0 Å². The molecule has 0 amide bonds. The van der Waals surface area contributed by atoms with E-state index in [1.54, 1.807) is 24.3 Å². The molecule has 0 bridgehead atoms. The van der Waals surface area contributed by atoms with Gasteiger partial charge in [0.05, 0.1) is 12.9 Å². The van der Waals surface area contributed by atoms with Crippen LogP contribution in [-0.2, 0) is 14.8 Å². The Labute approximate surface area is 173 Å². The molecule has 0 aliphatic carbocycles. The van der Waals surface area contributed by atoms with E-state index in [2.05, 4.69) is 11.6 Å². The molecule has 2 rings (SSSR count). The number of anilines is 1. The highest BCUT2D eigenvalue weighted by atomic mass is 32.2. The molecule has 0 aliphatic rings. The van der Waals surface area contributed by atoms with Crippen molar-refractivity contribution in [2.24, 2.45) is 0 Å². The number of hydrogen-bond donors (Lipinski definition) is 1. The second-order valence-corrected chi connectivity index (χ2v) is 8.96. The molecule has 0 heterocycles. The van der Waals surface area contributed by atoms with Crippen molar-refractivity contribution in [3.05, 3.63) is 53.6 Å². The molecule has 1 N–H and O–H groups in total. The first-order chi connectivity index (χ1) is 13.7. The molecule has 2 aromatic rings. The molecule has 7 heteroatoms. The Morgan fingerprint density at radius 1 is 1.14 bits per heavy atom. The van der Waals surface area contributed by atoms with Gasteiger partial charge >= 0.3 is 5.97 Å². The summed E-state index contributed by atoms with van der Waals surface area (Å²) in [6, 6.07) is 12.6. The maximum Gasteiger partial charge on any atom is 0.311 e. The molecule has 6 nitrogen and oxygen atoms in total. The third-order valence-electron chi connectivity index (χ3n) is 4.38. The number of rotatable bonds is 10. The zero-order chi connectivity index (χ0) is 21.4. The van der Waals surface area contributed by atoms with E-state index in [4.69, 9.17) is 9.47 Å². The molecule has 1 unspecified atom stereocenters. The van der Waals surface area contributed by atoms with Gasteiger partial charge in [0.25, 0.3) is 0 Å². The van der Waals surface area contributed by atoms with Crippen LogP contribution in [-0.4, -0.2) is 27.2 Å². The highest BCUT2D eigenvalue weighted by molar-refractivity contribution is 7.92. The van der Waals surface area contributed by atoms with E-state index >= 15 is 0 Å². The molecular formula is C22H29NO5S. The topological polar surface area (TPSA) is 81.7 Å². The number of esters is 1. The summed E-state index contributed by atoms with van der Waals surface area (Å²) in [6.07, 6.45) is 3.33. The van der Waals surface area contributed by atoms with Crippen LogP contribution in [0.3, 0.4) is 0 Å². The lowest BCUT2D eigenvalue weighted by molar-refractivity contribution is -0.134. The number of sulfonamides is 1. The second kappa shape index (κ2) is 10.3. The Kier molecular flexibility index (Phi) is 8.08. The van der Waals surface area contributed by atoms with Gasteiger partial charge in [0.1, 0.15) is 11.5 Å². The predicted molar refractivity (Wildman–Crippen MR) is 115 cm³/mol. The smallest absolute Gasteiger partial charge is 0.311 e. The molecule has 0 aromatic heterocycles. The van der Waals surface area contributed by atoms with E-state index in [0.717, 1.165) is 30.2 Å². The summed E-state index contributed by atoms with van der Waals surface area (Å²) in [5.41, 5.74) is 2.49. The molecule has 0 spiro atoms. The van der Waals surface area contributed by atoms with Gasteiger partial charge in [-0.2, -0.15) is 0 Å². The maximum absolute atomic E-state index is 11.8. The zero-order valence-corrected chi connectivity index (χ0v) is 18.2. The second-order valence-electron chi connectivity index (χ2n) is 7.21. The van der Waals surface area contributed by atoms with Crippen molar-refractivity contribution in [3.8, 4) is 11.5 Å². The van der Waals surface area contributed by atoms with Crippen molar-refractivity contribution in [2.45, 2.75) is 46.0 Å². The lowest BCUT2D eigenvalue weighted by atomic mass is 9.99. The first-order valence-corrected chi connectivity index (χ1v) is 11.6. The largest absolute Gasteiger partial charge is 0.493 e. The zero-order valence-electron chi connectivity index (χ0n) is 17.4. The minimum atomic E-state index is -3.29. The fourth-order valence-electron chi connectivity index (χ4n) is 2.74. The van der Waals surface area contributed by atoms with E-state index in [-0.39, 0.29) is 11.9 Å². The molecule has 0 radical (unpaired) electrons. The lowest BCUT2D eigenvalue weighted by Crippen LogP contribution is -2.10. The van der Waals surface area contributed by atoms with Gasteiger partial charge in [0.15, 0.2) is 0 Å². The van der Waals surface area contributed by atoms with Gasteiger partial charge in [-0.25, -0.2) is 8.42 Å². The van der Waals surface area contributed by atoms with Crippen LogP contribution in [0.2, 0.25) is 0 Å². The molecule has 29 heavy (non-hydrogen) atoms. The first-order valence-electron chi connectivity index (χ1n) is 9.70. The number of carbonyl (C=O) groups is 1. The lowest BCUT2D eigenvalue weighted by Gasteiger charge is -2.16. The Balaban J connectivity index is 1.92. The Hall–Kier alpha value is -2.54. The number of unbranched alkanes of at least 4 members (excludes halogenated alkanes) is 1. The fraction of sp³-hybridized carbons (Fsp3) is 0.409. The van der Waals surface area contributed by atoms with E-state index in [1.165, 1.54) is 0 Å². The van der Waals surface area contributed by atoms with Gasteiger partial charge in [-0.3, -0.25) is 9.52 Å². The normalized spacial score (nSPS) is 12.3. The SMILES string of the molecule is CCCCC(=O)Oc1ccc(C(C)COc2ccc(NS(C)(=O)=O)cc2)cc1C. The van der Waals surface area contributed by atoms with Crippen molar-refractivity contribution >= 4 is 21.7 Å². The summed E-state index contributed by atoms with van der Waals surface area (Å²) in [5, 5.41) is 0. The highest BCUT2D eigenvalue weighted by Crippen LogP contribution is 2.25. The van der Waals surface area contributed by atoms with Gasteiger partial charge in [-0.05, 0) is 54.8 Å². The summed E-state index contributed by atoms with van der Waals surface area (Å²) >= 11 is 0. The number of hydrogen-bond acceptors (Lipinski definition) is 5. The Morgan fingerprint density at radius 2 is 1.83 bits per heavy atom. The van der Waals surface area contributed by atoms with Gasteiger partial charge in [-0.1, -0.05) is 32.4 Å². The third kappa shape index (κ3) is 7.77. The van der Waals surface area contributed by atoms with Gasteiger partial charge in [0, 0.05) is 18.0 Å². The highest BCUT2D eigenvalue weighted by Gasteiger charge is 2.12. The molecule has 0 saturated heterocycles. The van der Waals surface area contributed by atoms with Crippen LogP contribution in [0.15, 0.2) is 42.5 Å². The molecular weight excluding hydrogens is 390 g/mol. The first kappa shape index (κ1) is 22.7. The number of carbonyl (C=O) groups excluding carboxylic acids is 1. The van der Waals surface area contributed by atoms with Crippen LogP contribution < -0.4 is 14.2 Å². The standard InChI is InChI=1S/C22H29NO5S/c1-5-6-7-22(24)28-21-13-8-18(14-16(21)2)17(3)15-27-20-11-9-19(10-12-20)23-29(4,25)26/h8-14,17,23H,5-7,15H2,1-4H3. The summed E-state index contributed by atoms with van der Waals surface area (Å²) in [5.74, 6) is 1.19. The number of benzene rings is 2. The van der Waals surface area contributed by atoms with E-state index in [9.17, 15) is 13.2 Å². The average molecular weight is 420 g/mol.